The lowest BCUT2D eigenvalue weighted by atomic mass is 10.1. The third-order valence-corrected chi connectivity index (χ3v) is 3.08. The van der Waals surface area contributed by atoms with Crippen LogP contribution in [0.25, 0.3) is 0 Å². The Morgan fingerprint density at radius 1 is 1.25 bits per heavy atom. The minimum atomic E-state index is -0.0586. The molecule has 2 rings (SSSR count). The van der Waals surface area contributed by atoms with Gasteiger partial charge in [-0.1, -0.05) is 6.07 Å². The Morgan fingerprint density at radius 2 is 2.00 bits per heavy atom. The molecule has 2 aromatic rings. The number of nitrogen functional groups attached to an aromatic ring is 1. The largest absolute Gasteiger partial charge is 0.398 e. The Labute approximate surface area is 117 Å². The third kappa shape index (κ3) is 2.78. The van der Waals surface area contributed by atoms with Crippen molar-refractivity contribution in [2.75, 3.05) is 11.1 Å². The SMILES string of the molecule is CC(=O)c1ccc(Nc2cc(C#N)ccc2C)cc1N. The number of carbonyl (C=O) groups is 1. The van der Waals surface area contributed by atoms with E-state index in [1.807, 2.05) is 13.0 Å². The average Bonchev–Trinajstić information content (AvgIpc) is 2.41. The summed E-state index contributed by atoms with van der Waals surface area (Å²) in [7, 11) is 0. The van der Waals surface area contributed by atoms with E-state index in [2.05, 4.69) is 11.4 Å². The van der Waals surface area contributed by atoms with Crippen LogP contribution >= 0.6 is 0 Å². The van der Waals surface area contributed by atoms with Gasteiger partial charge in [0, 0.05) is 22.6 Å². The lowest BCUT2D eigenvalue weighted by Crippen LogP contribution is -2.01. The monoisotopic (exact) mass is 265 g/mol. The van der Waals surface area contributed by atoms with E-state index in [4.69, 9.17) is 11.0 Å². The normalized spacial score (nSPS) is 9.85. The Kier molecular flexibility index (Phi) is 3.72. The van der Waals surface area contributed by atoms with Crippen LogP contribution in [-0.4, -0.2) is 5.78 Å². The van der Waals surface area contributed by atoms with Crippen molar-refractivity contribution in [3.8, 4) is 6.07 Å². The minimum Gasteiger partial charge on any atom is -0.398 e. The molecule has 0 saturated heterocycles. The standard InChI is InChI=1S/C16H15N3O/c1-10-3-4-12(9-17)7-16(10)19-13-5-6-14(11(2)20)15(18)8-13/h3-8,19H,18H2,1-2H3. The smallest absolute Gasteiger partial charge is 0.161 e. The van der Waals surface area contributed by atoms with Gasteiger partial charge >= 0.3 is 0 Å². The predicted octanol–water partition coefficient (Wildman–Crippen LogP) is 3.40. The lowest BCUT2D eigenvalue weighted by molar-refractivity contribution is 0.101. The van der Waals surface area contributed by atoms with Crippen LogP contribution in [0.5, 0.6) is 0 Å². The van der Waals surface area contributed by atoms with Gasteiger partial charge in [-0.2, -0.15) is 5.26 Å². The number of rotatable bonds is 3. The first kappa shape index (κ1) is 13.6. The molecule has 0 atom stereocenters. The topological polar surface area (TPSA) is 78.9 Å². The molecule has 2 aromatic carbocycles. The summed E-state index contributed by atoms with van der Waals surface area (Å²) in [5.74, 6) is -0.0586. The Balaban J connectivity index is 2.33. The molecule has 3 N–H and O–H groups in total. The summed E-state index contributed by atoms with van der Waals surface area (Å²) >= 11 is 0. The summed E-state index contributed by atoms with van der Waals surface area (Å²) in [6.07, 6.45) is 0. The van der Waals surface area contributed by atoms with E-state index in [1.54, 1.807) is 30.3 Å². The molecule has 0 spiro atoms. The molecule has 0 aromatic heterocycles. The highest BCUT2D eigenvalue weighted by atomic mass is 16.1. The van der Waals surface area contributed by atoms with Gasteiger partial charge in [0.25, 0.3) is 0 Å². The van der Waals surface area contributed by atoms with Gasteiger partial charge in [-0.05, 0) is 49.7 Å². The fraction of sp³-hybridized carbons (Fsp3) is 0.125. The van der Waals surface area contributed by atoms with Crippen LogP contribution in [0.3, 0.4) is 0 Å². The molecule has 4 nitrogen and oxygen atoms in total. The van der Waals surface area contributed by atoms with Crippen LogP contribution in [0.4, 0.5) is 17.1 Å². The number of hydrogen-bond acceptors (Lipinski definition) is 4. The molecule has 0 fully saturated rings. The van der Waals surface area contributed by atoms with Gasteiger partial charge in [-0.15, -0.1) is 0 Å². The van der Waals surface area contributed by atoms with Gasteiger partial charge in [0.15, 0.2) is 5.78 Å². The van der Waals surface area contributed by atoms with E-state index in [1.165, 1.54) is 6.92 Å². The van der Waals surface area contributed by atoms with Crippen molar-refractivity contribution in [1.82, 2.24) is 0 Å². The molecule has 0 radical (unpaired) electrons. The van der Waals surface area contributed by atoms with Crippen LogP contribution in [0, 0.1) is 18.3 Å². The van der Waals surface area contributed by atoms with Gasteiger partial charge in [0.2, 0.25) is 0 Å². The maximum absolute atomic E-state index is 11.3. The maximum Gasteiger partial charge on any atom is 0.161 e. The fourth-order valence-electron chi connectivity index (χ4n) is 1.94. The molecule has 0 amide bonds. The van der Waals surface area contributed by atoms with Crippen molar-refractivity contribution in [3.05, 3.63) is 53.1 Å². The summed E-state index contributed by atoms with van der Waals surface area (Å²) in [4.78, 5) is 11.3. The number of Topliss-reactive ketones (excluding diaryl/α,β-unsaturated/α-hetero) is 1. The molecule has 4 heteroatoms. The number of hydrogen-bond donors (Lipinski definition) is 2. The number of nitrogens with two attached hydrogens (primary N) is 1. The van der Waals surface area contributed by atoms with Gasteiger partial charge in [0.05, 0.1) is 11.6 Å². The third-order valence-electron chi connectivity index (χ3n) is 3.08. The Morgan fingerprint density at radius 3 is 2.60 bits per heavy atom. The first-order valence-corrected chi connectivity index (χ1v) is 6.19. The van der Waals surface area contributed by atoms with Crippen molar-refractivity contribution in [2.45, 2.75) is 13.8 Å². The lowest BCUT2D eigenvalue weighted by Gasteiger charge is -2.11. The number of aryl methyl sites for hydroxylation is 1. The number of anilines is 3. The van der Waals surface area contributed by atoms with Crippen LogP contribution in [0.15, 0.2) is 36.4 Å². The number of ketones is 1. The van der Waals surface area contributed by atoms with E-state index in [9.17, 15) is 4.79 Å². The van der Waals surface area contributed by atoms with Crippen LogP contribution < -0.4 is 11.1 Å². The molecule has 0 aliphatic carbocycles. The molecule has 100 valence electrons. The number of benzene rings is 2. The highest BCUT2D eigenvalue weighted by molar-refractivity contribution is 5.99. The van der Waals surface area contributed by atoms with E-state index in [-0.39, 0.29) is 5.78 Å². The zero-order valence-corrected chi connectivity index (χ0v) is 11.4. The van der Waals surface area contributed by atoms with Crippen molar-refractivity contribution in [1.29, 1.82) is 5.26 Å². The number of carbonyl (C=O) groups excluding carboxylic acids is 1. The van der Waals surface area contributed by atoms with Gasteiger partial charge in [-0.25, -0.2) is 0 Å². The van der Waals surface area contributed by atoms with Gasteiger partial charge in [-0.3, -0.25) is 4.79 Å². The van der Waals surface area contributed by atoms with Gasteiger partial charge < -0.3 is 11.1 Å². The van der Waals surface area contributed by atoms with Crippen molar-refractivity contribution in [2.24, 2.45) is 0 Å². The van der Waals surface area contributed by atoms with E-state index in [0.29, 0.717) is 16.8 Å². The second kappa shape index (κ2) is 5.45. The highest BCUT2D eigenvalue weighted by Crippen LogP contribution is 2.25. The molecular weight excluding hydrogens is 250 g/mol. The summed E-state index contributed by atoms with van der Waals surface area (Å²) < 4.78 is 0. The first-order chi connectivity index (χ1) is 9.51. The number of nitrogens with one attached hydrogen (secondary N) is 1. The second-order valence-corrected chi connectivity index (χ2v) is 4.62. The molecule has 20 heavy (non-hydrogen) atoms. The van der Waals surface area contributed by atoms with E-state index < -0.39 is 0 Å². The molecule has 0 bridgehead atoms. The van der Waals surface area contributed by atoms with E-state index in [0.717, 1.165) is 16.9 Å². The zero-order chi connectivity index (χ0) is 14.7. The first-order valence-electron chi connectivity index (χ1n) is 6.19. The molecule has 0 saturated carbocycles. The maximum atomic E-state index is 11.3. The molecular formula is C16H15N3O. The van der Waals surface area contributed by atoms with Crippen molar-refractivity contribution in [3.63, 3.8) is 0 Å². The predicted molar refractivity (Wildman–Crippen MR) is 80.0 cm³/mol. The van der Waals surface area contributed by atoms with Crippen LogP contribution in [0.2, 0.25) is 0 Å². The Bertz CT molecular complexity index is 714. The number of nitrogens with zero attached hydrogens (tertiary/aromatic N) is 1. The average molecular weight is 265 g/mol. The van der Waals surface area contributed by atoms with Gasteiger partial charge in [0.1, 0.15) is 0 Å². The summed E-state index contributed by atoms with van der Waals surface area (Å²) in [6, 6.07) is 12.8. The summed E-state index contributed by atoms with van der Waals surface area (Å²) in [5.41, 5.74) is 10.1. The van der Waals surface area contributed by atoms with Crippen molar-refractivity contribution >= 4 is 22.8 Å². The minimum absolute atomic E-state index is 0.0586. The number of nitriles is 1. The second-order valence-electron chi connectivity index (χ2n) is 4.62. The van der Waals surface area contributed by atoms with Crippen LogP contribution in [-0.2, 0) is 0 Å². The quantitative estimate of drug-likeness (QED) is 0.658. The summed E-state index contributed by atoms with van der Waals surface area (Å²) in [6.45, 7) is 3.44. The fourth-order valence-corrected chi connectivity index (χ4v) is 1.94. The van der Waals surface area contributed by atoms with Crippen LogP contribution in [0.1, 0.15) is 28.4 Å². The molecule has 0 aliphatic rings. The Hall–Kier alpha value is -2.80. The summed E-state index contributed by atoms with van der Waals surface area (Å²) in [5, 5.41) is 12.1. The van der Waals surface area contributed by atoms with Crippen molar-refractivity contribution < 1.29 is 4.79 Å². The molecule has 0 unspecified atom stereocenters. The van der Waals surface area contributed by atoms with E-state index >= 15 is 0 Å². The molecule has 0 heterocycles. The molecule has 0 aliphatic heterocycles. The highest BCUT2D eigenvalue weighted by Gasteiger charge is 2.06. The zero-order valence-electron chi connectivity index (χ0n) is 11.4.